The Balaban J connectivity index is 2.22. The van der Waals surface area contributed by atoms with Crippen molar-refractivity contribution in [1.29, 1.82) is 0 Å². The molecule has 0 atom stereocenters. The van der Waals surface area contributed by atoms with Gasteiger partial charge >= 0.3 is 5.97 Å². The minimum atomic E-state index is -0.369. The SMILES string of the molecule is COC(=O)CCC(=O)CCc1nnn(C)n1. The van der Waals surface area contributed by atoms with Crippen LogP contribution in [-0.2, 0) is 27.8 Å². The van der Waals surface area contributed by atoms with Gasteiger partial charge in [-0.1, -0.05) is 0 Å². The molecule has 7 nitrogen and oxygen atoms in total. The second kappa shape index (κ2) is 5.94. The zero-order valence-corrected chi connectivity index (χ0v) is 9.34. The number of nitrogens with zero attached hydrogens (tertiary/aromatic N) is 4. The first kappa shape index (κ1) is 12.3. The van der Waals surface area contributed by atoms with E-state index in [1.54, 1.807) is 7.05 Å². The van der Waals surface area contributed by atoms with Gasteiger partial charge in [0.05, 0.1) is 20.6 Å². The third kappa shape index (κ3) is 4.16. The number of rotatable bonds is 6. The lowest BCUT2D eigenvalue weighted by Gasteiger charge is -1.98. The maximum Gasteiger partial charge on any atom is 0.305 e. The number of aryl methyl sites for hydroxylation is 2. The summed E-state index contributed by atoms with van der Waals surface area (Å²) in [5.74, 6) is 0.165. The van der Waals surface area contributed by atoms with Crippen molar-refractivity contribution in [2.45, 2.75) is 25.7 Å². The van der Waals surface area contributed by atoms with E-state index in [2.05, 4.69) is 20.1 Å². The molecule has 0 bridgehead atoms. The molecule has 0 saturated heterocycles. The summed E-state index contributed by atoms with van der Waals surface area (Å²) in [6.07, 6.45) is 1.10. The van der Waals surface area contributed by atoms with Gasteiger partial charge in [-0.2, -0.15) is 4.80 Å². The molecule has 1 aromatic rings. The van der Waals surface area contributed by atoms with Crippen LogP contribution >= 0.6 is 0 Å². The smallest absolute Gasteiger partial charge is 0.305 e. The predicted molar refractivity (Wildman–Crippen MR) is 53.4 cm³/mol. The molecule has 1 rings (SSSR count). The minimum Gasteiger partial charge on any atom is -0.469 e. The predicted octanol–water partition coefficient (Wildman–Crippen LogP) is -0.335. The number of hydrogen-bond acceptors (Lipinski definition) is 6. The molecule has 1 aromatic heterocycles. The Morgan fingerprint density at radius 3 is 2.62 bits per heavy atom. The van der Waals surface area contributed by atoms with Gasteiger partial charge in [-0.15, -0.1) is 10.2 Å². The molecule has 0 N–H and O–H groups in total. The average molecular weight is 226 g/mol. The van der Waals surface area contributed by atoms with Crippen LogP contribution in [0.3, 0.4) is 0 Å². The molecule has 88 valence electrons. The fourth-order valence-corrected chi connectivity index (χ4v) is 1.14. The summed E-state index contributed by atoms with van der Waals surface area (Å²) in [6.45, 7) is 0. The Hall–Kier alpha value is -1.79. The summed E-state index contributed by atoms with van der Waals surface area (Å²) >= 11 is 0. The van der Waals surface area contributed by atoms with E-state index in [1.807, 2.05) is 0 Å². The second-order valence-corrected chi connectivity index (χ2v) is 3.31. The van der Waals surface area contributed by atoms with Gasteiger partial charge < -0.3 is 4.74 Å². The Labute approximate surface area is 92.8 Å². The molecule has 0 saturated carbocycles. The lowest BCUT2D eigenvalue weighted by atomic mass is 10.1. The zero-order chi connectivity index (χ0) is 12.0. The maximum absolute atomic E-state index is 11.4. The highest BCUT2D eigenvalue weighted by molar-refractivity contribution is 5.82. The van der Waals surface area contributed by atoms with E-state index in [-0.39, 0.29) is 24.6 Å². The maximum atomic E-state index is 11.4. The van der Waals surface area contributed by atoms with Crippen molar-refractivity contribution in [2.24, 2.45) is 7.05 Å². The molecular formula is C9H14N4O3. The van der Waals surface area contributed by atoms with Gasteiger partial charge in [-0.25, -0.2) is 0 Å². The molecule has 0 spiro atoms. The summed E-state index contributed by atoms with van der Waals surface area (Å²) in [7, 11) is 2.96. The number of ketones is 1. The van der Waals surface area contributed by atoms with E-state index in [1.165, 1.54) is 11.9 Å². The van der Waals surface area contributed by atoms with Crippen LogP contribution < -0.4 is 0 Å². The van der Waals surface area contributed by atoms with Crippen molar-refractivity contribution in [3.05, 3.63) is 5.82 Å². The average Bonchev–Trinajstić information content (AvgIpc) is 2.69. The first-order valence-electron chi connectivity index (χ1n) is 4.93. The van der Waals surface area contributed by atoms with Crippen LogP contribution in [0, 0.1) is 0 Å². The number of carbonyl (C=O) groups is 2. The highest BCUT2D eigenvalue weighted by atomic mass is 16.5. The van der Waals surface area contributed by atoms with Crippen LogP contribution in [0.2, 0.25) is 0 Å². The Bertz CT molecular complexity index is 375. The van der Waals surface area contributed by atoms with E-state index in [4.69, 9.17) is 0 Å². The number of aromatic nitrogens is 4. The lowest BCUT2D eigenvalue weighted by molar-refractivity contribution is -0.141. The van der Waals surface area contributed by atoms with Crippen molar-refractivity contribution in [3.63, 3.8) is 0 Å². The Morgan fingerprint density at radius 2 is 2.06 bits per heavy atom. The highest BCUT2D eigenvalue weighted by Crippen LogP contribution is 2.00. The fraction of sp³-hybridized carbons (Fsp3) is 0.667. The molecule has 0 aliphatic carbocycles. The highest BCUT2D eigenvalue weighted by Gasteiger charge is 2.09. The first-order chi connectivity index (χ1) is 7.61. The number of ether oxygens (including phenoxy) is 1. The molecule has 0 unspecified atom stereocenters. The Morgan fingerprint density at radius 1 is 1.31 bits per heavy atom. The quantitative estimate of drug-likeness (QED) is 0.617. The summed E-state index contributed by atoms with van der Waals surface area (Å²) in [6, 6.07) is 0. The minimum absolute atomic E-state index is 0.00199. The van der Waals surface area contributed by atoms with Crippen molar-refractivity contribution in [2.75, 3.05) is 7.11 Å². The van der Waals surface area contributed by atoms with Gasteiger partial charge in [0.25, 0.3) is 0 Å². The van der Waals surface area contributed by atoms with Gasteiger partial charge in [0.1, 0.15) is 5.78 Å². The van der Waals surface area contributed by atoms with E-state index in [0.29, 0.717) is 18.7 Å². The van der Waals surface area contributed by atoms with Gasteiger partial charge in [0.2, 0.25) is 0 Å². The first-order valence-corrected chi connectivity index (χ1v) is 4.93. The molecule has 0 radical (unpaired) electrons. The van der Waals surface area contributed by atoms with Crippen LogP contribution in [0.4, 0.5) is 0 Å². The summed E-state index contributed by atoms with van der Waals surface area (Å²) in [4.78, 5) is 23.5. The van der Waals surface area contributed by atoms with E-state index >= 15 is 0 Å². The number of Topliss-reactive ketones (excluding diaryl/α,β-unsaturated/α-hetero) is 1. The summed E-state index contributed by atoms with van der Waals surface area (Å²) < 4.78 is 4.44. The molecule has 16 heavy (non-hydrogen) atoms. The van der Waals surface area contributed by atoms with Crippen LogP contribution in [0.5, 0.6) is 0 Å². The summed E-state index contributed by atoms with van der Waals surface area (Å²) in [5.41, 5.74) is 0. The van der Waals surface area contributed by atoms with Crippen LogP contribution in [-0.4, -0.2) is 39.1 Å². The standard InChI is InChI=1S/C9H14N4O3/c1-13-11-8(10-12-13)5-3-7(14)4-6-9(15)16-2/h3-6H2,1-2H3. The van der Waals surface area contributed by atoms with E-state index in [0.717, 1.165) is 0 Å². The molecule has 0 amide bonds. The van der Waals surface area contributed by atoms with E-state index in [9.17, 15) is 9.59 Å². The molecule has 0 aliphatic rings. The Kier molecular flexibility index (Phi) is 4.56. The molecule has 1 heterocycles. The van der Waals surface area contributed by atoms with Gasteiger partial charge in [0, 0.05) is 19.3 Å². The number of methoxy groups -OCH3 is 1. The van der Waals surface area contributed by atoms with Crippen molar-refractivity contribution in [1.82, 2.24) is 20.2 Å². The molecule has 0 fully saturated rings. The number of tetrazole rings is 1. The third-order valence-electron chi connectivity index (χ3n) is 2.01. The zero-order valence-electron chi connectivity index (χ0n) is 9.34. The fourth-order valence-electron chi connectivity index (χ4n) is 1.14. The number of esters is 1. The largest absolute Gasteiger partial charge is 0.469 e. The molecular weight excluding hydrogens is 212 g/mol. The van der Waals surface area contributed by atoms with Gasteiger partial charge in [0.15, 0.2) is 5.82 Å². The second-order valence-electron chi connectivity index (χ2n) is 3.31. The van der Waals surface area contributed by atoms with E-state index < -0.39 is 0 Å². The molecule has 0 aliphatic heterocycles. The van der Waals surface area contributed by atoms with Crippen LogP contribution in [0.25, 0.3) is 0 Å². The van der Waals surface area contributed by atoms with Crippen molar-refractivity contribution < 1.29 is 14.3 Å². The topological polar surface area (TPSA) is 87.0 Å². The molecule has 7 heteroatoms. The monoisotopic (exact) mass is 226 g/mol. The number of carbonyl (C=O) groups excluding carboxylic acids is 2. The normalized spacial score (nSPS) is 10.1. The van der Waals surface area contributed by atoms with Crippen LogP contribution in [0.15, 0.2) is 0 Å². The van der Waals surface area contributed by atoms with Crippen molar-refractivity contribution >= 4 is 11.8 Å². The number of hydrogen-bond donors (Lipinski definition) is 0. The third-order valence-corrected chi connectivity index (χ3v) is 2.01. The lowest BCUT2D eigenvalue weighted by Crippen LogP contribution is -2.07. The van der Waals surface area contributed by atoms with Gasteiger partial charge in [-0.3, -0.25) is 9.59 Å². The van der Waals surface area contributed by atoms with Crippen molar-refractivity contribution in [3.8, 4) is 0 Å². The molecule has 0 aromatic carbocycles. The van der Waals surface area contributed by atoms with Crippen LogP contribution in [0.1, 0.15) is 25.1 Å². The summed E-state index contributed by atoms with van der Waals surface area (Å²) in [5, 5.41) is 11.4. The van der Waals surface area contributed by atoms with Gasteiger partial charge in [-0.05, 0) is 5.21 Å².